The van der Waals surface area contributed by atoms with Crippen LogP contribution in [-0.2, 0) is 16.1 Å². The van der Waals surface area contributed by atoms with Crippen LogP contribution in [0.15, 0.2) is 84.9 Å². The van der Waals surface area contributed by atoms with Gasteiger partial charge in [0.15, 0.2) is 0 Å². The Kier molecular flexibility index (Phi) is 6.18. The third kappa shape index (κ3) is 4.80. The van der Waals surface area contributed by atoms with E-state index in [1.165, 1.54) is 5.56 Å². The highest BCUT2D eigenvalue weighted by Gasteiger charge is 2.16. The molecule has 132 valence electrons. The average Bonchev–Trinajstić information content (AvgIpc) is 2.69. The van der Waals surface area contributed by atoms with Crippen LogP contribution in [0.25, 0.3) is 0 Å². The summed E-state index contributed by atoms with van der Waals surface area (Å²) in [5.41, 5.74) is 4.35. The lowest BCUT2D eigenvalue weighted by molar-refractivity contribution is -0.127. The molecular formula is C23H23NO2. The zero-order valence-electron chi connectivity index (χ0n) is 14.9. The van der Waals surface area contributed by atoms with E-state index in [-0.39, 0.29) is 18.6 Å². The van der Waals surface area contributed by atoms with Gasteiger partial charge in [-0.2, -0.15) is 0 Å². The standard InChI is InChI=1S/C23H23NO2/c1-18-10-8-9-15-21(18)16-24-22(25)17-26-23(19-11-4-2-5-12-19)20-13-6-3-7-14-20/h2-15,23H,16-17H2,1H3,(H,24,25). The van der Waals surface area contributed by atoms with Crippen molar-refractivity contribution in [3.63, 3.8) is 0 Å². The van der Waals surface area contributed by atoms with E-state index in [2.05, 4.69) is 5.32 Å². The molecule has 3 aromatic rings. The summed E-state index contributed by atoms with van der Waals surface area (Å²) >= 11 is 0. The van der Waals surface area contributed by atoms with Gasteiger partial charge >= 0.3 is 0 Å². The number of hydrogen-bond donors (Lipinski definition) is 1. The molecule has 3 nitrogen and oxygen atoms in total. The predicted molar refractivity (Wildman–Crippen MR) is 104 cm³/mol. The van der Waals surface area contributed by atoms with Crippen LogP contribution in [0.1, 0.15) is 28.4 Å². The molecule has 3 heteroatoms. The number of rotatable bonds is 7. The van der Waals surface area contributed by atoms with Gasteiger partial charge in [0.2, 0.25) is 5.91 Å². The van der Waals surface area contributed by atoms with Crippen LogP contribution in [0.2, 0.25) is 0 Å². The summed E-state index contributed by atoms with van der Waals surface area (Å²) in [5.74, 6) is -0.120. The Morgan fingerprint density at radius 2 is 1.38 bits per heavy atom. The number of ether oxygens (including phenoxy) is 1. The minimum Gasteiger partial charge on any atom is -0.359 e. The van der Waals surface area contributed by atoms with Crippen LogP contribution in [0.5, 0.6) is 0 Å². The van der Waals surface area contributed by atoms with E-state index in [0.29, 0.717) is 6.54 Å². The Labute approximate surface area is 154 Å². The van der Waals surface area contributed by atoms with Gasteiger partial charge in [0.25, 0.3) is 0 Å². The van der Waals surface area contributed by atoms with Crippen molar-refractivity contribution in [2.75, 3.05) is 6.61 Å². The molecule has 0 bridgehead atoms. The third-order valence-electron chi connectivity index (χ3n) is 4.32. The van der Waals surface area contributed by atoms with Crippen LogP contribution in [0, 0.1) is 6.92 Å². The van der Waals surface area contributed by atoms with Gasteiger partial charge in [0, 0.05) is 6.54 Å². The Balaban J connectivity index is 1.63. The number of hydrogen-bond acceptors (Lipinski definition) is 2. The van der Waals surface area contributed by atoms with Crippen LogP contribution < -0.4 is 5.32 Å². The van der Waals surface area contributed by atoms with Crippen LogP contribution in [0.3, 0.4) is 0 Å². The van der Waals surface area contributed by atoms with Gasteiger partial charge in [0.1, 0.15) is 12.7 Å². The molecule has 0 aromatic heterocycles. The Bertz CT molecular complexity index is 792. The van der Waals surface area contributed by atoms with Crippen molar-refractivity contribution in [1.29, 1.82) is 0 Å². The lowest BCUT2D eigenvalue weighted by Gasteiger charge is -2.19. The molecule has 0 atom stereocenters. The fourth-order valence-electron chi connectivity index (χ4n) is 2.85. The molecule has 1 N–H and O–H groups in total. The minimum atomic E-state index is -0.262. The first-order chi connectivity index (χ1) is 12.7. The Morgan fingerprint density at radius 1 is 0.846 bits per heavy atom. The summed E-state index contributed by atoms with van der Waals surface area (Å²) in [5, 5.41) is 2.93. The van der Waals surface area contributed by atoms with Crippen molar-refractivity contribution in [3.8, 4) is 0 Å². The van der Waals surface area contributed by atoms with E-state index in [9.17, 15) is 4.79 Å². The normalized spacial score (nSPS) is 10.7. The second-order valence-electron chi connectivity index (χ2n) is 6.22. The van der Waals surface area contributed by atoms with Crippen molar-refractivity contribution in [2.24, 2.45) is 0 Å². The topological polar surface area (TPSA) is 38.3 Å². The lowest BCUT2D eigenvalue weighted by Crippen LogP contribution is -2.28. The molecule has 26 heavy (non-hydrogen) atoms. The maximum Gasteiger partial charge on any atom is 0.246 e. The van der Waals surface area contributed by atoms with Gasteiger partial charge < -0.3 is 10.1 Å². The van der Waals surface area contributed by atoms with Gasteiger partial charge in [-0.15, -0.1) is 0 Å². The Hall–Kier alpha value is -2.91. The smallest absolute Gasteiger partial charge is 0.246 e. The molecule has 0 radical (unpaired) electrons. The van der Waals surface area contributed by atoms with Crippen LogP contribution in [-0.4, -0.2) is 12.5 Å². The summed E-state index contributed by atoms with van der Waals surface area (Å²) < 4.78 is 5.98. The maximum atomic E-state index is 12.3. The van der Waals surface area contributed by atoms with E-state index < -0.39 is 0 Å². The number of carbonyl (C=O) groups is 1. The van der Waals surface area contributed by atoms with E-state index >= 15 is 0 Å². The highest BCUT2D eigenvalue weighted by Crippen LogP contribution is 2.25. The first-order valence-electron chi connectivity index (χ1n) is 8.77. The Morgan fingerprint density at radius 3 is 1.96 bits per heavy atom. The largest absolute Gasteiger partial charge is 0.359 e. The molecule has 0 saturated carbocycles. The molecule has 3 rings (SSSR count). The first kappa shape index (κ1) is 17.9. The number of aryl methyl sites for hydroxylation is 1. The van der Waals surface area contributed by atoms with E-state index in [1.807, 2.05) is 91.9 Å². The molecular weight excluding hydrogens is 322 g/mol. The van der Waals surface area contributed by atoms with E-state index in [0.717, 1.165) is 16.7 Å². The predicted octanol–water partition coefficient (Wildman–Crippen LogP) is 4.42. The number of amides is 1. The van der Waals surface area contributed by atoms with Crippen molar-refractivity contribution >= 4 is 5.91 Å². The summed E-state index contributed by atoms with van der Waals surface area (Å²) in [6, 6.07) is 28.0. The number of nitrogens with one attached hydrogen (secondary N) is 1. The zero-order valence-corrected chi connectivity index (χ0v) is 14.9. The molecule has 0 fully saturated rings. The summed E-state index contributed by atoms with van der Waals surface area (Å²) in [7, 11) is 0. The molecule has 0 unspecified atom stereocenters. The van der Waals surface area contributed by atoms with Crippen molar-refractivity contribution in [2.45, 2.75) is 19.6 Å². The molecule has 1 amide bonds. The summed E-state index contributed by atoms with van der Waals surface area (Å²) in [4.78, 5) is 12.3. The fourth-order valence-corrected chi connectivity index (χ4v) is 2.85. The molecule has 0 spiro atoms. The van der Waals surface area contributed by atoms with Crippen molar-refractivity contribution in [3.05, 3.63) is 107 Å². The first-order valence-corrected chi connectivity index (χ1v) is 8.77. The SMILES string of the molecule is Cc1ccccc1CNC(=O)COC(c1ccccc1)c1ccccc1. The summed E-state index contributed by atoms with van der Waals surface area (Å²) in [6.45, 7) is 2.56. The molecule has 0 aliphatic heterocycles. The molecule has 0 heterocycles. The number of benzene rings is 3. The van der Waals surface area contributed by atoms with Gasteiger partial charge in [-0.1, -0.05) is 84.9 Å². The second-order valence-corrected chi connectivity index (χ2v) is 6.22. The molecule has 0 saturated heterocycles. The number of carbonyl (C=O) groups excluding carboxylic acids is 1. The van der Waals surface area contributed by atoms with E-state index in [1.54, 1.807) is 0 Å². The molecule has 0 aliphatic rings. The van der Waals surface area contributed by atoms with Gasteiger partial charge in [-0.3, -0.25) is 4.79 Å². The van der Waals surface area contributed by atoms with Gasteiger partial charge in [-0.05, 0) is 29.2 Å². The van der Waals surface area contributed by atoms with Crippen molar-refractivity contribution in [1.82, 2.24) is 5.32 Å². The second kappa shape index (κ2) is 8.97. The third-order valence-corrected chi connectivity index (χ3v) is 4.32. The zero-order chi connectivity index (χ0) is 18.2. The highest BCUT2D eigenvalue weighted by molar-refractivity contribution is 5.77. The van der Waals surface area contributed by atoms with Crippen molar-refractivity contribution < 1.29 is 9.53 Å². The van der Waals surface area contributed by atoms with E-state index in [4.69, 9.17) is 4.74 Å². The van der Waals surface area contributed by atoms with Crippen LogP contribution >= 0.6 is 0 Å². The molecule has 3 aromatic carbocycles. The maximum absolute atomic E-state index is 12.3. The molecule has 0 aliphatic carbocycles. The van der Waals surface area contributed by atoms with Crippen LogP contribution in [0.4, 0.5) is 0 Å². The fraction of sp³-hybridized carbons (Fsp3) is 0.174. The highest BCUT2D eigenvalue weighted by atomic mass is 16.5. The monoisotopic (exact) mass is 345 g/mol. The average molecular weight is 345 g/mol. The summed E-state index contributed by atoms with van der Waals surface area (Å²) in [6.07, 6.45) is -0.262. The van der Waals surface area contributed by atoms with Gasteiger partial charge in [0.05, 0.1) is 0 Å². The minimum absolute atomic E-state index is 0.0142. The van der Waals surface area contributed by atoms with Gasteiger partial charge in [-0.25, -0.2) is 0 Å². The quantitative estimate of drug-likeness (QED) is 0.688. The lowest BCUT2D eigenvalue weighted by atomic mass is 10.0.